The molecule has 3 aromatic carbocycles. The molecule has 5 nitrogen and oxygen atoms in total. The van der Waals surface area contributed by atoms with Gasteiger partial charge in [0.2, 0.25) is 0 Å². The van der Waals surface area contributed by atoms with E-state index in [9.17, 15) is 5.11 Å². The molecule has 0 aliphatic rings. The second-order valence-corrected chi connectivity index (χ2v) is 8.88. The number of phenolic OH excluding ortho intramolecular Hbond substituents is 1. The molecule has 4 N–H and O–H groups in total. The second kappa shape index (κ2) is 10.6. The van der Waals surface area contributed by atoms with Crippen LogP contribution in [0.15, 0.2) is 94.9 Å². The van der Waals surface area contributed by atoms with E-state index in [4.69, 9.17) is 28.9 Å². The van der Waals surface area contributed by atoms with Crippen molar-refractivity contribution < 1.29 is 5.11 Å². The van der Waals surface area contributed by atoms with E-state index in [1.807, 2.05) is 60.7 Å². The number of benzene rings is 3. The Kier molecular flexibility index (Phi) is 7.40. The lowest BCUT2D eigenvalue weighted by atomic mass is 9.97. The Labute approximate surface area is 206 Å². The average Bonchev–Trinajstić information content (AvgIpc) is 2.83. The molecule has 1 aromatic heterocycles. The molecule has 0 bridgehead atoms. The third-order valence-electron chi connectivity index (χ3n) is 4.76. The Morgan fingerprint density at radius 2 is 1.67 bits per heavy atom. The molecule has 1 heterocycles. The summed E-state index contributed by atoms with van der Waals surface area (Å²) >= 11 is 13.5. The van der Waals surface area contributed by atoms with Gasteiger partial charge >= 0.3 is 0 Å². The van der Waals surface area contributed by atoms with Crippen molar-refractivity contribution in [1.82, 2.24) is 9.71 Å². The van der Waals surface area contributed by atoms with Gasteiger partial charge in [0, 0.05) is 32.3 Å². The van der Waals surface area contributed by atoms with E-state index < -0.39 is 0 Å². The molecular weight excluding hydrogens is 475 g/mol. The van der Waals surface area contributed by atoms with Gasteiger partial charge in [-0.05, 0) is 71.6 Å². The van der Waals surface area contributed by atoms with Crippen molar-refractivity contribution >= 4 is 41.1 Å². The number of aliphatic imine (C=N–C) groups is 1. The molecular formula is C25H20Cl2N4OS. The van der Waals surface area contributed by atoms with Gasteiger partial charge in [0.1, 0.15) is 5.75 Å². The molecule has 0 saturated carbocycles. The number of pyridine rings is 1. The normalized spacial score (nSPS) is 11.4. The van der Waals surface area contributed by atoms with Crippen molar-refractivity contribution in [3.8, 4) is 28.1 Å². The Morgan fingerprint density at radius 1 is 0.939 bits per heavy atom. The fourth-order valence-electron chi connectivity index (χ4n) is 3.17. The molecule has 0 aliphatic carbocycles. The highest BCUT2D eigenvalue weighted by Crippen LogP contribution is 2.37. The first-order valence-electron chi connectivity index (χ1n) is 10.0. The lowest BCUT2D eigenvalue weighted by Crippen LogP contribution is -2.25. The van der Waals surface area contributed by atoms with E-state index >= 15 is 0 Å². The molecule has 4 aromatic rings. The quantitative estimate of drug-likeness (QED) is 0.161. The molecule has 0 aliphatic heterocycles. The highest BCUT2D eigenvalue weighted by Gasteiger charge is 2.14. The highest BCUT2D eigenvalue weighted by atomic mass is 35.5. The maximum absolute atomic E-state index is 10.5. The third-order valence-corrected chi connectivity index (χ3v) is 6.07. The fourth-order valence-corrected chi connectivity index (χ4v) is 4.04. The molecule has 0 fully saturated rings. The van der Waals surface area contributed by atoms with Gasteiger partial charge in [-0.3, -0.25) is 9.71 Å². The minimum absolute atomic E-state index is 0.0577. The molecule has 4 rings (SSSR count). The van der Waals surface area contributed by atoms with Crippen molar-refractivity contribution in [1.29, 1.82) is 0 Å². The number of halogens is 2. The summed E-state index contributed by atoms with van der Waals surface area (Å²) in [4.78, 5) is 10.1. The Balaban J connectivity index is 1.62. The van der Waals surface area contributed by atoms with Crippen LogP contribution in [0.4, 0.5) is 0 Å². The van der Waals surface area contributed by atoms with Gasteiger partial charge in [0.15, 0.2) is 5.96 Å². The number of guanidine groups is 1. The lowest BCUT2D eigenvalue weighted by molar-refractivity contribution is 0.477. The number of aromatic nitrogens is 1. The van der Waals surface area contributed by atoms with Crippen LogP contribution in [0.25, 0.3) is 22.4 Å². The smallest absolute Gasteiger partial charge is 0.199 e. The van der Waals surface area contributed by atoms with Gasteiger partial charge in [-0.1, -0.05) is 53.5 Å². The van der Waals surface area contributed by atoms with Crippen molar-refractivity contribution in [2.24, 2.45) is 10.7 Å². The van der Waals surface area contributed by atoms with Crippen LogP contribution in [-0.4, -0.2) is 16.1 Å². The van der Waals surface area contributed by atoms with Gasteiger partial charge in [-0.2, -0.15) is 0 Å². The molecule has 8 heteroatoms. The summed E-state index contributed by atoms with van der Waals surface area (Å²) < 4.78 is 3.04. The van der Waals surface area contributed by atoms with E-state index in [0.717, 1.165) is 21.6 Å². The zero-order chi connectivity index (χ0) is 23.2. The number of rotatable bonds is 6. The summed E-state index contributed by atoms with van der Waals surface area (Å²) in [5.41, 5.74) is 9.85. The molecule has 0 radical (unpaired) electrons. The minimum atomic E-state index is 0.0577. The largest absolute Gasteiger partial charge is 0.507 e. The van der Waals surface area contributed by atoms with Crippen LogP contribution in [0.5, 0.6) is 5.75 Å². The lowest BCUT2D eigenvalue weighted by Gasteiger charge is -2.13. The Bertz CT molecular complexity index is 1280. The van der Waals surface area contributed by atoms with Crippen LogP contribution in [0.2, 0.25) is 10.0 Å². The van der Waals surface area contributed by atoms with E-state index in [0.29, 0.717) is 33.8 Å². The first-order valence-corrected chi connectivity index (χ1v) is 11.6. The second-order valence-electron chi connectivity index (χ2n) is 7.13. The zero-order valence-electron chi connectivity index (χ0n) is 17.4. The van der Waals surface area contributed by atoms with Crippen LogP contribution in [0.1, 0.15) is 5.56 Å². The number of aromatic hydroxyl groups is 1. The summed E-state index contributed by atoms with van der Waals surface area (Å²) in [5.74, 6) is 0.374. The summed E-state index contributed by atoms with van der Waals surface area (Å²) in [6.07, 6.45) is 1.73. The molecule has 0 spiro atoms. The van der Waals surface area contributed by atoms with Crippen LogP contribution in [0, 0.1) is 0 Å². The number of hydrogen-bond acceptors (Lipinski definition) is 4. The monoisotopic (exact) mass is 494 g/mol. The fraction of sp³-hybridized carbons (Fsp3) is 0.0400. The van der Waals surface area contributed by atoms with E-state index in [2.05, 4.69) is 14.7 Å². The average molecular weight is 495 g/mol. The van der Waals surface area contributed by atoms with Gasteiger partial charge < -0.3 is 10.8 Å². The maximum Gasteiger partial charge on any atom is 0.199 e. The van der Waals surface area contributed by atoms with Gasteiger partial charge in [-0.15, -0.1) is 0 Å². The maximum atomic E-state index is 10.5. The van der Waals surface area contributed by atoms with E-state index in [1.54, 1.807) is 18.3 Å². The first-order chi connectivity index (χ1) is 16.0. The highest BCUT2D eigenvalue weighted by molar-refractivity contribution is 7.98. The van der Waals surface area contributed by atoms with Gasteiger partial charge in [-0.25, -0.2) is 4.99 Å². The van der Waals surface area contributed by atoms with E-state index in [1.165, 1.54) is 18.0 Å². The van der Waals surface area contributed by atoms with Crippen LogP contribution in [-0.2, 0) is 6.54 Å². The zero-order valence-corrected chi connectivity index (χ0v) is 19.7. The number of nitrogens with zero attached hydrogens (tertiary/aromatic N) is 2. The number of hydrogen-bond donors (Lipinski definition) is 3. The molecule has 0 unspecified atom stereocenters. The molecule has 166 valence electrons. The topological polar surface area (TPSA) is 83.5 Å². The molecule has 0 amide bonds. The Hall–Kier alpha value is -3.19. The summed E-state index contributed by atoms with van der Waals surface area (Å²) in [5, 5.41) is 11.6. The first kappa shape index (κ1) is 23.0. The van der Waals surface area contributed by atoms with Crippen molar-refractivity contribution in [2.45, 2.75) is 11.4 Å². The van der Waals surface area contributed by atoms with Gasteiger partial charge in [0.25, 0.3) is 0 Å². The predicted molar refractivity (Wildman–Crippen MR) is 138 cm³/mol. The minimum Gasteiger partial charge on any atom is -0.507 e. The number of nitrogens with two attached hydrogens (primary N) is 1. The van der Waals surface area contributed by atoms with Crippen molar-refractivity contribution in [3.05, 3.63) is 101 Å². The molecule has 0 saturated heterocycles. The molecule has 0 atom stereocenters. The summed E-state index contributed by atoms with van der Waals surface area (Å²) in [6, 6.07) is 24.3. The SMILES string of the molecule is NC(=NCc1cnc(-c2ccc(Cl)cc2O)c(-c2ccc(Cl)cc2)c1)NSc1ccccc1. The third kappa shape index (κ3) is 5.99. The van der Waals surface area contributed by atoms with Crippen LogP contribution >= 0.6 is 35.1 Å². The van der Waals surface area contributed by atoms with Crippen LogP contribution in [0.3, 0.4) is 0 Å². The Morgan fingerprint density at radius 3 is 2.39 bits per heavy atom. The van der Waals surface area contributed by atoms with Crippen molar-refractivity contribution in [2.75, 3.05) is 0 Å². The summed E-state index contributed by atoms with van der Waals surface area (Å²) in [7, 11) is 0. The van der Waals surface area contributed by atoms with Gasteiger partial charge in [0.05, 0.1) is 12.2 Å². The van der Waals surface area contributed by atoms with Crippen LogP contribution < -0.4 is 10.5 Å². The summed E-state index contributed by atoms with van der Waals surface area (Å²) in [6.45, 7) is 0.342. The standard InChI is InChI=1S/C25H20Cl2N4OS/c26-18-8-6-17(7-9-18)22-12-16(14-29-24(22)21-11-10-19(27)13-23(21)32)15-30-25(28)31-33-20-4-2-1-3-5-20/h1-14,32H,15H2,(H3,28,30,31). The number of phenols is 1. The van der Waals surface area contributed by atoms with Crippen molar-refractivity contribution in [3.63, 3.8) is 0 Å². The number of nitrogens with one attached hydrogen (secondary N) is 1. The van der Waals surface area contributed by atoms with E-state index in [-0.39, 0.29) is 5.75 Å². The predicted octanol–water partition coefficient (Wildman–Crippen LogP) is 6.54. The molecule has 33 heavy (non-hydrogen) atoms.